The third kappa shape index (κ3) is 3.22. The number of nitrogens with one attached hydrogen (secondary N) is 1. The molecule has 1 aromatic rings. The Kier molecular flexibility index (Phi) is 4.08. The first-order chi connectivity index (χ1) is 5.83. The Labute approximate surface area is 77.1 Å². The van der Waals surface area contributed by atoms with Crippen molar-refractivity contribution in [3.05, 3.63) is 35.9 Å². The summed E-state index contributed by atoms with van der Waals surface area (Å²) in [6.07, 6.45) is 1.60. The molecule has 1 aromatic carbocycles. The van der Waals surface area contributed by atoms with Crippen LogP contribution >= 0.6 is 11.6 Å². The third-order valence-electron chi connectivity index (χ3n) is 1.67. The molecule has 1 atom stereocenters. The quantitative estimate of drug-likeness (QED) is 0.428. The van der Waals surface area contributed by atoms with Crippen LogP contribution in [0.25, 0.3) is 0 Å². The molecule has 3 heteroatoms. The highest BCUT2D eigenvalue weighted by atomic mass is 35.5. The maximum Gasteiger partial charge on any atom is 0.106 e. The predicted octanol–water partition coefficient (Wildman–Crippen LogP) is 2.16. The Morgan fingerprint density at radius 1 is 1.33 bits per heavy atom. The van der Waals surface area contributed by atoms with E-state index in [0.29, 0.717) is 0 Å². The average Bonchev–Trinajstić information content (AvgIpc) is 2.16. The standard InChI is InChI=1S/C9H12ClNO/c10-9(11-12)7-6-8-4-2-1-3-5-8/h1-5,9,11-12H,6-7H2/t9-/m0/s1. The first-order valence-corrected chi connectivity index (χ1v) is 4.34. The molecule has 0 aromatic heterocycles. The summed E-state index contributed by atoms with van der Waals surface area (Å²) in [5.41, 5.74) is 2.88. The number of aryl methyl sites for hydroxylation is 1. The predicted molar refractivity (Wildman–Crippen MR) is 49.3 cm³/mol. The molecule has 0 aliphatic rings. The summed E-state index contributed by atoms with van der Waals surface area (Å²) in [6, 6.07) is 10.0. The number of halogens is 1. The van der Waals surface area contributed by atoms with E-state index in [1.54, 1.807) is 0 Å². The fourth-order valence-electron chi connectivity index (χ4n) is 1.00. The van der Waals surface area contributed by atoms with Crippen LogP contribution < -0.4 is 5.48 Å². The van der Waals surface area contributed by atoms with Gasteiger partial charge in [-0.15, -0.1) is 11.6 Å². The van der Waals surface area contributed by atoms with Crippen LogP contribution in [0, 0.1) is 0 Å². The fraction of sp³-hybridized carbons (Fsp3) is 0.333. The molecule has 0 fully saturated rings. The van der Waals surface area contributed by atoms with Crippen molar-refractivity contribution >= 4 is 11.6 Å². The average molecular weight is 186 g/mol. The number of hydroxylamine groups is 1. The van der Waals surface area contributed by atoms with Gasteiger partial charge in [0.2, 0.25) is 0 Å². The van der Waals surface area contributed by atoms with E-state index in [0.717, 1.165) is 12.8 Å². The van der Waals surface area contributed by atoms with Gasteiger partial charge in [-0.1, -0.05) is 30.3 Å². The van der Waals surface area contributed by atoms with Crippen molar-refractivity contribution in [2.75, 3.05) is 0 Å². The van der Waals surface area contributed by atoms with Gasteiger partial charge >= 0.3 is 0 Å². The van der Waals surface area contributed by atoms with Crippen LogP contribution in [-0.2, 0) is 6.42 Å². The molecule has 1 rings (SSSR count). The van der Waals surface area contributed by atoms with E-state index in [4.69, 9.17) is 16.8 Å². The van der Waals surface area contributed by atoms with E-state index in [2.05, 4.69) is 0 Å². The van der Waals surface area contributed by atoms with Gasteiger partial charge in [0.05, 0.1) is 0 Å². The smallest absolute Gasteiger partial charge is 0.106 e. The summed E-state index contributed by atoms with van der Waals surface area (Å²) in [6.45, 7) is 0. The minimum atomic E-state index is -0.356. The second-order valence-corrected chi connectivity index (χ2v) is 3.15. The summed E-state index contributed by atoms with van der Waals surface area (Å²) in [5.74, 6) is 0. The lowest BCUT2D eigenvalue weighted by Crippen LogP contribution is -2.19. The van der Waals surface area contributed by atoms with Crippen molar-refractivity contribution in [1.29, 1.82) is 0 Å². The SMILES string of the molecule is ON[C@H](Cl)CCc1ccccc1. The topological polar surface area (TPSA) is 32.3 Å². The second-order valence-electron chi connectivity index (χ2n) is 2.62. The van der Waals surface area contributed by atoms with Gasteiger partial charge in [0.1, 0.15) is 5.50 Å². The largest absolute Gasteiger partial charge is 0.315 e. The highest BCUT2D eigenvalue weighted by Crippen LogP contribution is 2.06. The zero-order valence-corrected chi connectivity index (χ0v) is 7.46. The van der Waals surface area contributed by atoms with E-state index < -0.39 is 0 Å². The van der Waals surface area contributed by atoms with Crippen molar-refractivity contribution in [3.8, 4) is 0 Å². The highest BCUT2D eigenvalue weighted by Gasteiger charge is 2.00. The normalized spacial score (nSPS) is 12.8. The Hall–Kier alpha value is -0.570. The summed E-state index contributed by atoms with van der Waals surface area (Å²) in [7, 11) is 0. The summed E-state index contributed by atoms with van der Waals surface area (Å²) in [5, 5.41) is 8.43. The second kappa shape index (κ2) is 5.14. The number of rotatable bonds is 4. The minimum absolute atomic E-state index is 0.356. The Balaban J connectivity index is 2.33. The number of alkyl halides is 1. The van der Waals surface area contributed by atoms with Gasteiger partial charge in [-0.3, -0.25) is 0 Å². The lowest BCUT2D eigenvalue weighted by atomic mass is 10.1. The Morgan fingerprint density at radius 2 is 2.00 bits per heavy atom. The number of hydrogen-bond donors (Lipinski definition) is 2. The maximum absolute atomic E-state index is 8.43. The zero-order valence-electron chi connectivity index (χ0n) is 6.70. The van der Waals surface area contributed by atoms with Crippen LogP contribution in [0.3, 0.4) is 0 Å². The number of benzene rings is 1. The van der Waals surface area contributed by atoms with Crippen LogP contribution in [0.2, 0.25) is 0 Å². The van der Waals surface area contributed by atoms with Crippen LogP contribution in [0.15, 0.2) is 30.3 Å². The highest BCUT2D eigenvalue weighted by molar-refractivity contribution is 6.20. The van der Waals surface area contributed by atoms with Crippen molar-refractivity contribution in [1.82, 2.24) is 5.48 Å². The summed E-state index contributed by atoms with van der Waals surface area (Å²) < 4.78 is 0. The molecule has 0 aliphatic heterocycles. The molecular weight excluding hydrogens is 174 g/mol. The van der Waals surface area contributed by atoms with E-state index in [9.17, 15) is 0 Å². The van der Waals surface area contributed by atoms with Gasteiger partial charge in [-0.05, 0) is 18.4 Å². The van der Waals surface area contributed by atoms with Gasteiger partial charge in [0.15, 0.2) is 0 Å². The van der Waals surface area contributed by atoms with Crippen molar-refractivity contribution < 1.29 is 5.21 Å². The van der Waals surface area contributed by atoms with Gasteiger partial charge < -0.3 is 5.21 Å². The summed E-state index contributed by atoms with van der Waals surface area (Å²) >= 11 is 5.65. The van der Waals surface area contributed by atoms with E-state index in [-0.39, 0.29) is 5.50 Å². The minimum Gasteiger partial charge on any atom is -0.315 e. The maximum atomic E-state index is 8.43. The van der Waals surface area contributed by atoms with Crippen LogP contribution in [0.1, 0.15) is 12.0 Å². The molecule has 66 valence electrons. The molecular formula is C9H12ClNO. The van der Waals surface area contributed by atoms with E-state index in [1.165, 1.54) is 5.56 Å². The lowest BCUT2D eigenvalue weighted by Gasteiger charge is -2.05. The first kappa shape index (κ1) is 9.52. The molecule has 0 bridgehead atoms. The molecule has 0 spiro atoms. The molecule has 0 aliphatic carbocycles. The molecule has 0 saturated carbocycles. The van der Waals surface area contributed by atoms with Gasteiger partial charge in [-0.2, -0.15) is 5.48 Å². The zero-order chi connectivity index (χ0) is 8.81. The lowest BCUT2D eigenvalue weighted by molar-refractivity contribution is 0.151. The Morgan fingerprint density at radius 3 is 2.58 bits per heavy atom. The monoisotopic (exact) mass is 185 g/mol. The molecule has 0 saturated heterocycles. The van der Waals surface area contributed by atoms with Gasteiger partial charge in [-0.25, -0.2) is 0 Å². The molecule has 0 amide bonds. The molecule has 0 unspecified atom stereocenters. The van der Waals surface area contributed by atoms with E-state index >= 15 is 0 Å². The van der Waals surface area contributed by atoms with Gasteiger partial charge in [0, 0.05) is 0 Å². The fourth-order valence-corrected chi connectivity index (χ4v) is 1.11. The molecule has 2 N–H and O–H groups in total. The first-order valence-electron chi connectivity index (χ1n) is 3.90. The van der Waals surface area contributed by atoms with Crippen molar-refractivity contribution in [3.63, 3.8) is 0 Å². The Bertz CT molecular complexity index is 215. The third-order valence-corrected chi connectivity index (χ3v) is 1.99. The molecule has 0 heterocycles. The van der Waals surface area contributed by atoms with Crippen LogP contribution in [0.4, 0.5) is 0 Å². The molecule has 0 radical (unpaired) electrons. The number of hydrogen-bond acceptors (Lipinski definition) is 2. The van der Waals surface area contributed by atoms with Gasteiger partial charge in [0.25, 0.3) is 0 Å². The molecule has 12 heavy (non-hydrogen) atoms. The van der Waals surface area contributed by atoms with E-state index in [1.807, 2.05) is 35.8 Å². The van der Waals surface area contributed by atoms with Crippen LogP contribution in [-0.4, -0.2) is 10.7 Å². The summed E-state index contributed by atoms with van der Waals surface area (Å²) in [4.78, 5) is 0. The van der Waals surface area contributed by atoms with Crippen LogP contribution in [0.5, 0.6) is 0 Å². The van der Waals surface area contributed by atoms with Crippen molar-refractivity contribution in [2.45, 2.75) is 18.3 Å². The molecule has 2 nitrogen and oxygen atoms in total. The van der Waals surface area contributed by atoms with Crippen molar-refractivity contribution in [2.24, 2.45) is 0 Å².